The predicted octanol–water partition coefficient (Wildman–Crippen LogP) is 2.22. The van der Waals surface area contributed by atoms with Gasteiger partial charge in [0.25, 0.3) is 0 Å². The van der Waals surface area contributed by atoms with E-state index in [0.29, 0.717) is 19.7 Å². The minimum Gasteiger partial charge on any atom is -0.465 e. The topological polar surface area (TPSA) is 102 Å². The molecule has 1 amide bonds. The second-order valence-corrected chi connectivity index (χ2v) is 7.82. The van der Waals surface area contributed by atoms with Crippen molar-refractivity contribution in [1.82, 2.24) is 10.2 Å². The Morgan fingerprint density at radius 1 is 1.13 bits per heavy atom. The molecule has 0 bridgehead atoms. The summed E-state index contributed by atoms with van der Waals surface area (Å²) in [6.45, 7) is 11.4. The minimum atomic E-state index is -0.557. The molecular formula is C23H36N2O6. The van der Waals surface area contributed by atoms with Gasteiger partial charge < -0.3 is 14.8 Å². The Bertz CT molecular complexity index is 666. The second-order valence-electron chi connectivity index (χ2n) is 7.82. The molecule has 0 heterocycles. The van der Waals surface area contributed by atoms with Crippen LogP contribution >= 0.6 is 0 Å². The fraction of sp³-hybridized carbons (Fsp3) is 0.609. The van der Waals surface area contributed by atoms with Crippen molar-refractivity contribution in [3.05, 3.63) is 35.9 Å². The molecular weight excluding hydrogens is 400 g/mol. The first-order valence-electron chi connectivity index (χ1n) is 10.5. The van der Waals surface area contributed by atoms with Crippen molar-refractivity contribution < 1.29 is 28.7 Å². The highest BCUT2D eigenvalue weighted by atomic mass is 16.5. The number of esters is 1. The van der Waals surface area contributed by atoms with Crippen LogP contribution in [0.5, 0.6) is 0 Å². The summed E-state index contributed by atoms with van der Waals surface area (Å²) in [6, 6.07) is 9.47. The third-order valence-electron chi connectivity index (χ3n) is 4.13. The molecule has 0 radical (unpaired) electrons. The molecule has 0 spiro atoms. The highest BCUT2D eigenvalue weighted by Crippen LogP contribution is 2.12. The maximum absolute atomic E-state index is 12.8. The van der Waals surface area contributed by atoms with Crippen molar-refractivity contribution in [2.45, 2.75) is 59.1 Å². The average Bonchev–Trinajstić information content (AvgIpc) is 2.71. The number of carbonyl (C=O) groups excluding carboxylic acids is 4. The van der Waals surface area contributed by atoms with Gasteiger partial charge in [-0.2, -0.15) is 9.59 Å². The van der Waals surface area contributed by atoms with Crippen molar-refractivity contribution in [2.75, 3.05) is 32.8 Å². The van der Waals surface area contributed by atoms with Crippen molar-refractivity contribution >= 4 is 18.0 Å². The van der Waals surface area contributed by atoms with Gasteiger partial charge in [0.15, 0.2) is 0 Å². The normalized spacial score (nSPS) is 11.7. The molecule has 1 aromatic rings. The van der Waals surface area contributed by atoms with Gasteiger partial charge in [0.2, 0.25) is 5.91 Å². The Hall–Kier alpha value is -2.54. The number of hydrogen-bond acceptors (Lipinski definition) is 7. The molecule has 1 N–H and O–H groups in total. The molecule has 1 atom stereocenters. The van der Waals surface area contributed by atoms with Crippen LogP contribution in [0.1, 0.15) is 46.6 Å². The van der Waals surface area contributed by atoms with E-state index in [1.165, 1.54) is 0 Å². The van der Waals surface area contributed by atoms with E-state index in [-0.39, 0.29) is 36.8 Å². The van der Waals surface area contributed by atoms with Crippen LogP contribution in [0.4, 0.5) is 0 Å². The van der Waals surface area contributed by atoms with Crippen LogP contribution in [0.15, 0.2) is 30.3 Å². The first-order valence-corrected chi connectivity index (χ1v) is 10.5. The number of amides is 1. The second kappa shape index (κ2) is 16.2. The minimum absolute atomic E-state index is 0.0540. The van der Waals surface area contributed by atoms with Crippen molar-refractivity contribution in [1.29, 1.82) is 0 Å². The van der Waals surface area contributed by atoms with Crippen LogP contribution in [-0.2, 0) is 35.1 Å². The van der Waals surface area contributed by atoms with Gasteiger partial charge in [0, 0.05) is 13.1 Å². The van der Waals surface area contributed by atoms with E-state index in [2.05, 4.69) is 5.32 Å². The molecule has 0 aliphatic carbocycles. The van der Waals surface area contributed by atoms with Gasteiger partial charge in [-0.25, -0.2) is 0 Å². The molecule has 0 aliphatic heterocycles. The summed E-state index contributed by atoms with van der Waals surface area (Å²) in [5.74, 6) is -0.455. The molecule has 1 rings (SSSR count). The highest BCUT2D eigenvalue weighted by molar-refractivity contribution is 5.82. The van der Waals surface area contributed by atoms with Crippen LogP contribution in [0.3, 0.4) is 0 Å². The largest absolute Gasteiger partial charge is 0.465 e. The van der Waals surface area contributed by atoms with Gasteiger partial charge in [0.1, 0.15) is 6.04 Å². The summed E-state index contributed by atoms with van der Waals surface area (Å²) in [5.41, 5.74) is 0.777. The van der Waals surface area contributed by atoms with E-state index in [0.717, 1.165) is 18.4 Å². The molecule has 0 aliphatic rings. The van der Waals surface area contributed by atoms with E-state index >= 15 is 0 Å². The van der Waals surface area contributed by atoms with Crippen molar-refractivity contribution in [3.8, 4) is 0 Å². The molecule has 0 saturated carbocycles. The quantitative estimate of drug-likeness (QED) is 0.501. The number of carbonyl (C=O) groups is 2. The zero-order chi connectivity index (χ0) is 23.7. The molecule has 0 unspecified atom stereocenters. The number of hydrogen-bond donors (Lipinski definition) is 1. The number of rotatable bonds is 12. The number of nitrogens with zero attached hydrogens (tertiary/aromatic N) is 1. The molecule has 174 valence electrons. The summed E-state index contributed by atoms with van der Waals surface area (Å²) in [7, 11) is 0. The maximum atomic E-state index is 12.8. The zero-order valence-corrected chi connectivity index (χ0v) is 19.3. The van der Waals surface area contributed by atoms with Crippen molar-refractivity contribution in [2.24, 2.45) is 0 Å². The van der Waals surface area contributed by atoms with Crippen LogP contribution in [0, 0.1) is 0 Å². The Morgan fingerprint density at radius 2 is 1.74 bits per heavy atom. The fourth-order valence-corrected chi connectivity index (χ4v) is 2.68. The number of benzene rings is 1. The van der Waals surface area contributed by atoms with Gasteiger partial charge in [0.05, 0.1) is 25.4 Å². The Labute approximate surface area is 185 Å². The summed E-state index contributed by atoms with van der Waals surface area (Å²) in [6.07, 6.45) is 1.83. The smallest absolute Gasteiger partial charge is 0.373 e. The summed E-state index contributed by atoms with van der Waals surface area (Å²) in [5, 5.41) is 2.94. The van der Waals surface area contributed by atoms with Crippen LogP contribution in [-0.4, -0.2) is 67.4 Å². The van der Waals surface area contributed by atoms with Gasteiger partial charge in [-0.05, 0) is 46.1 Å². The molecule has 8 heteroatoms. The van der Waals surface area contributed by atoms with Crippen molar-refractivity contribution in [3.63, 3.8) is 0 Å². The van der Waals surface area contributed by atoms with Crippen LogP contribution in [0.25, 0.3) is 0 Å². The number of ether oxygens (including phenoxy) is 2. The van der Waals surface area contributed by atoms with Gasteiger partial charge >= 0.3 is 12.1 Å². The summed E-state index contributed by atoms with van der Waals surface area (Å²) >= 11 is 0. The summed E-state index contributed by atoms with van der Waals surface area (Å²) < 4.78 is 11.0. The molecule has 0 aromatic heterocycles. The van der Waals surface area contributed by atoms with E-state index in [1.54, 1.807) is 6.92 Å². The SMILES string of the molecule is CCCNC(=O)[C@H](COC(C)(C)C)N(CCc1ccccc1)CC(=O)OCC.O=C=O. The molecule has 8 nitrogen and oxygen atoms in total. The molecule has 0 fully saturated rings. The van der Waals surface area contributed by atoms with Gasteiger partial charge in [-0.1, -0.05) is 37.3 Å². The fourth-order valence-electron chi connectivity index (χ4n) is 2.68. The lowest BCUT2D eigenvalue weighted by Gasteiger charge is -2.32. The molecule has 0 saturated heterocycles. The summed E-state index contributed by atoms with van der Waals surface area (Å²) in [4.78, 5) is 43.1. The highest BCUT2D eigenvalue weighted by Gasteiger charge is 2.29. The lowest BCUT2D eigenvalue weighted by atomic mass is 10.1. The Balaban J connectivity index is 0.00000282. The molecule has 1 aromatic carbocycles. The standard InChI is InChI=1S/C22H36N2O4.CO2/c1-6-14-23-21(26)19(17-28-22(3,4)5)24(16-20(25)27-7-2)15-13-18-11-9-8-10-12-18;2-1-3/h8-12,19H,6-7,13-17H2,1-5H3,(H,23,26);/t19-;/m0./s1. The van der Waals surface area contributed by atoms with E-state index < -0.39 is 6.04 Å². The van der Waals surface area contributed by atoms with Gasteiger partial charge in [-0.3, -0.25) is 14.5 Å². The lowest BCUT2D eigenvalue weighted by Crippen LogP contribution is -2.53. The molecule has 31 heavy (non-hydrogen) atoms. The van der Waals surface area contributed by atoms with E-state index in [9.17, 15) is 9.59 Å². The first kappa shape index (κ1) is 28.5. The first-order chi connectivity index (χ1) is 14.7. The monoisotopic (exact) mass is 436 g/mol. The maximum Gasteiger partial charge on any atom is 0.373 e. The number of nitrogens with one attached hydrogen (secondary N) is 1. The van der Waals surface area contributed by atoms with Crippen LogP contribution in [0.2, 0.25) is 0 Å². The Kier molecular flexibility index (Phi) is 14.9. The van der Waals surface area contributed by atoms with E-state index in [4.69, 9.17) is 19.1 Å². The zero-order valence-electron chi connectivity index (χ0n) is 19.3. The predicted molar refractivity (Wildman–Crippen MR) is 116 cm³/mol. The van der Waals surface area contributed by atoms with Gasteiger partial charge in [-0.15, -0.1) is 0 Å². The third-order valence-corrected chi connectivity index (χ3v) is 4.13. The Morgan fingerprint density at radius 3 is 2.26 bits per heavy atom. The van der Waals surface area contributed by atoms with Crippen LogP contribution < -0.4 is 5.32 Å². The lowest BCUT2D eigenvalue weighted by molar-refractivity contribution is -0.191. The third kappa shape index (κ3) is 14.2. The van der Waals surface area contributed by atoms with E-state index in [1.807, 2.05) is 62.9 Å². The average molecular weight is 437 g/mol.